The molecule has 0 unspecified atom stereocenters. The lowest BCUT2D eigenvalue weighted by Crippen LogP contribution is -2.30. The van der Waals surface area contributed by atoms with Gasteiger partial charge in [-0.1, -0.05) is 13.8 Å². The first-order valence-corrected chi connectivity index (χ1v) is 6.73. The van der Waals surface area contributed by atoms with Crippen molar-refractivity contribution in [3.05, 3.63) is 23.8 Å². The van der Waals surface area contributed by atoms with Crippen molar-refractivity contribution in [3.8, 4) is 0 Å². The van der Waals surface area contributed by atoms with E-state index >= 15 is 0 Å². The second kappa shape index (κ2) is 4.84. The lowest BCUT2D eigenvalue weighted by atomic mass is 10.2. The molecule has 1 rings (SSSR count). The quantitative estimate of drug-likeness (QED) is 0.816. The van der Waals surface area contributed by atoms with Crippen LogP contribution in [0.15, 0.2) is 23.1 Å². The molecule has 0 aliphatic heterocycles. The van der Waals surface area contributed by atoms with E-state index in [2.05, 4.69) is 0 Å². The summed E-state index contributed by atoms with van der Waals surface area (Å²) in [5.74, 6) is 0. The number of hydrogen-bond acceptors (Lipinski definition) is 3. The normalized spacial score (nSPS) is 12.0. The topological polar surface area (TPSA) is 63.4 Å². The molecule has 0 fully saturated rings. The summed E-state index contributed by atoms with van der Waals surface area (Å²) in [4.78, 5) is 0.308. The maximum Gasteiger partial charge on any atom is 0.243 e. The van der Waals surface area contributed by atoms with Gasteiger partial charge in [-0.25, -0.2) is 8.42 Å². The fourth-order valence-electron chi connectivity index (χ4n) is 1.52. The van der Waals surface area contributed by atoms with Crippen LogP contribution < -0.4 is 5.73 Å². The van der Waals surface area contributed by atoms with Crippen molar-refractivity contribution < 1.29 is 8.42 Å². The summed E-state index contributed by atoms with van der Waals surface area (Å²) < 4.78 is 25.7. The summed E-state index contributed by atoms with van der Waals surface area (Å²) in [6, 6.07) is 4.80. The van der Waals surface area contributed by atoms with Gasteiger partial charge in [0.2, 0.25) is 10.0 Å². The molecule has 0 radical (unpaired) electrons. The Labute approximate surface area is 97.1 Å². The minimum atomic E-state index is -3.36. The molecule has 90 valence electrons. The molecule has 0 saturated carbocycles. The summed E-state index contributed by atoms with van der Waals surface area (Å²) in [7, 11) is -3.36. The first kappa shape index (κ1) is 13.0. The van der Waals surface area contributed by atoms with E-state index in [4.69, 9.17) is 5.73 Å². The van der Waals surface area contributed by atoms with Crippen LogP contribution in [-0.4, -0.2) is 25.8 Å². The molecule has 0 amide bonds. The summed E-state index contributed by atoms with van der Waals surface area (Å²) in [6.45, 7) is 6.40. The zero-order chi connectivity index (χ0) is 12.3. The van der Waals surface area contributed by atoms with Gasteiger partial charge in [0.05, 0.1) is 4.90 Å². The Balaban J connectivity index is 3.22. The van der Waals surface area contributed by atoms with Crippen LogP contribution in [0.1, 0.15) is 19.4 Å². The van der Waals surface area contributed by atoms with Crippen molar-refractivity contribution in [3.63, 3.8) is 0 Å². The summed E-state index contributed by atoms with van der Waals surface area (Å²) >= 11 is 0. The van der Waals surface area contributed by atoms with Crippen LogP contribution in [0.5, 0.6) is 0 Å². The molecule has 0 heterocycles. The third kappa shape index (κ3) is 2.36. The number of anilines is 1. The second-order valence-corrected chi connectivity index (χ2v) is 5.55. The van der Waals surface area contributed by atoms with Crippen molar-refractivity contribution in [2.45, 2.75) is 25.7 Å². The number of nitrogens with two attached hydrogens (primary N) is 1. The van der Waals surface area contributed by atoms with E-state index in [9.17, 15) is 8.42 Å². The van der Waals surface area contributed by atoms with Crippen molar-refractivity contribution in [2.75, 3.05) is 18.8 Å². The number of rotatable bonds is 4. The molecule has 5 heteroatoms. The highest BCUT2D eigenvalue weighted by atomic mass is 32.2. The van der Waals surface area contributed by atoms with Crippen LogP contribution in [0.2, 0.25) is 0 Å². The first-order valence-electron chi connectivity index (χ1n) is 5.29. The molecule has 2 N–H and O–H groups in total. The summed E-state index contributed by atoms with van der Waals surface area (Å²) in [5, 5.41) is 0. The van der Waals surface area contributed by atoms with Crippen LogP contribution in [0, 0.1) is 6.92 Å². The molecule has 0 atom stereocenters. The molecule has 0 saturated heterocycles. The smallest absolute Gasteiger partial charge is 0.243 e. The van der Waals surface area contributed by atoms with E-state index in [1.165, 1.54) is 4.31 Å². The Morgan fingerprint density at radius 2 is 1.81 bits per heavy atom. The molecular weight excluding hydrogens is 224 g/mol. The van der Waals surface area contributed by atoms with Crippen LogP contribution in [0.3, 0.4) is 0 Å². The fraction of sp³-hybridized carbons (Fsp3) is 0.455. The van der Waals surface area contributed by atoms with E-state index in [1.54, 1.807) is 25.1 Å². The average molecular weight is 242 g/mol. The van der Waals surface area contributed by atoms with Crippen LogP contribution in [0.25, 0.3) is 0 Å². The van der Waals surface area contributed by atoms with Crippen molar-refractivity contribution in [2.24, 2.45) is 0 Å². The van der Waals surface area contributed by atoms with Gasteiger partial charge < -0.3 is 5.73 Å². The molecule has 1 aromatic carbocycles. The van der Waals surface area contributed by atoms with E-state index in [1.807, 2.05) is 13.8 Å². The highest BCUT2D eigenvalue weighted by Crippen LogP contribution is 2.20. The third-order valence-electron chi connectivity index (χ3n) is 2.58. The highest BCUT2D eigenvalue weighted by Gasteiger charge is 2.21. The number of sulfonamides is 1. The van der Waals surface area contributed by atoms with E-state index in [-0.39, 0.29) is 0 Å². The van der Waals surface area contributed by atoms with Crippen molar-refractivity contribution in [1.29, 1.82) is 0 Å². The first-order chi connectivity index (χ1) is 7.43. The monoisotopic (exact) mass is 242 g/mol. The van der Waals surface area contributed by atoms with E-state index in [0.717, 1.165) is 5.56 Å². The van der Waals surface area contributed by atoms with Crippen LogP contribution >= 0.6 is 0 Å². The minimum absolute atomic E-state index is 0.308. The number of nitrogens with zero attached hydrogens (tertiary/aromatic N) is 1. The Kier molecular flexibility index (Phi) is 3.93. The molecule has 0 spiro atoms. The minimum Gasteiger partial charge on any atom is -0.399 e. The van der Waals surface area contributed by atoms with Crippen LogP contribution in [-0.2, 0) is 10.0 Å². The second-order valence-electron chi connectivity index (χ2n) is 3.61. The zero-order valence-corrected chi connectivity index (χ0v) is 10.7. The lowest BCUT2D eigenvalue weighted by molar-refractivity contribution is 0.445. The maximum absolute atomic E-state index is 12.1. The molecule has 0 aromatic heterocycles. The maximum atomic E-state index is 12.1. The van der Waals surface area contributed by atoms with E-state index in [0.29, 0.717) is 23.7 Å². The van der Waals surface area contributed by atoms with Gasteiger partial charge in [0.25, 0.3) is 0 Å². The molecule has 0 aliphatic rings. The van der Waals surface area contributed by atoms with E-state index < -0.39 is 10.0 Å². The summed E-state index contributed by atoms with van der Waals surface area (Å²) in [5.41, 5.74) is 7.06. The molecule has 1 aromatic rings. The van der Waals surface area contributed by atoms with Crippen LogP contribution in [0.4, 0.5) is 5.69 Å². The Morgan fingerprint density at radius 3 is 2.25 bits per heavy atom. The Hall–Kier alpha value is -1.07. The third-order valence-corrected chi connectivity index (χ3v) is 4.63. The van der Waals surface area contributed by atoms with Gasteiger partial charge in [0, 0.05) is 18.8 Å². The van der Waals surface area contributed by atoms with Gasteiger partial charge in [-0.05, 0) is 30.7 Å². The molecule has 16 heavy (non-hydrogen) atoms. The highest BCUT2D eigenvalue weighted by molar-refractivity contribution is 7.89. The molecule has 0 bridgehead atoms. The lowest BCUT2D eigenvalue weighted by Gasteiger charge is -2.18. The molecule has 4 nitrogen and oxygen atoms in total. The molecule has 0 aliphatic carbocycles. The summed E-state index contributed by atoms with van der Waals surface area (Å²) in [6.07, 6.45) is 0. The van der Waals surface area contributed by atoms with Gasteiger partial charge in [-0.3, -0.25) is 0 Å². The van der Waals surface area contributed by atoms with Gasteiger partial charge in [0.1, 0.15) is 0 Å². The SMILES string of the molecule is CCN(CC)S(=O)(=O)c1ccc(N)c(C)c1. The van der Waals surface area contributed by atoms with Gasteiger partial charge in [-0.2, -0.15) is 4.31 Å². The van der Waals surface area contributed by atoms with Crippen molar-refractivity contribution >= 4 is 15.7 Å². The van der Waals surface area contributed by atoms with Gasteiger partial charge in [-0.15, -0.1) is 0 Å². The number of aryl methyl sites for hydroxylation is 1. The largest absolute Gasteiger partial charge is 0.399 e. The predicted molar refractivity (Wildman–Crippen MR) is 65.7 cm³/mol. The Morgan fingerprint density at radius 1 is 1.25 bits per heavy atom. The number of benzene rings is 1. The number of nitrogen functional groups attached to an aromatic ring is 1. The van der Waals surface area contributed by atoms with Gasteiger partial charge in [0.15, 0.2) is 0 Å². The fourth-order valence-corrected chi connectivity index (χ4v) is 3.06. The Bertz CT molecular complexity index is 465. The van der Waals surface area contributed by atoms with Crippen molar-refractivity contribution in [1.82, 2.24) is 4.31 Å². The number of hydrogen-bond donors (Lipinski definition) is 1. The van der Waals surface area contributed by atoms with Gasteiger partial charge >= 0.3 is 0 Å². The molecular formula is C11H18N2O2S. The predicted octanol–water partition coefficient (Wildman–Crippen LogP) is 1.61. The zero-order valence-electron chi connectivity index (χ0n) is 9.90. The average Bonchev–Trinajstić information content (AvgIpc) is 2.23. The standard InChI is InChI=1S/C11H18N2O2S/c1-4-13(5-2)16(14,15)10-6-7-11(12)9(3)8-10/h6-8H,4-5,12H2,1-3H3.